The van der Waals surface area contributed by atoms with Crippen molar-refractivity contribution >= 4 is 29.6 Å². The number of esters is 1. The molecule has 0 fully saturated rings. The van der Waals surface area contributed by atoms with Gasteiger partial charge in [-0.3, -0.25) is 4.79 Å². The van der Waals surface area contributed by atoms with Gasteiger partial charge in [0.1, 0.15) is 6.61 Å². The second-order valence-corrected chi connectivity index (χ2v) is 7.44. The van der Waals surface area contributed by atoms with E-state index in [9.17, 15) is 19.2 Å². The van der Waals surface area contributed by atoms with Gasteiger partial charge in [-0.2, -0.15) is 0 Å². The molecule has 0 spiro atoms. The van der Waals surface area contributed by atoms with Gasteiger partial charge >= 0.3 is 18.1 Å². The predicted octanol–water partition coefficient (Wildman–Crippen LogP) is 2.76. The highest BCUT2D eigenvalue weighted by Crippen LogP contribution is 2.16. The SMILES string of the molecule is COC(=O)c1cc(NC(=O)NCCOCCOCCNC(=O)OCc2ccccc2)cc(C(C)=O)c1. The summed E-state index contributed by atoms with van der Waals surface area (Å²) in [6, 6.07) is 13.2. The maximum atomic E-state index is 12.1. The van der Waals surface area contributed by atoms with E-state index in [0.29, 0.717) is 26.4 Å². The van der Waals surface area contributed by atoms with Crippen LogP contribution < -0.4 is 16.0 Å². The number of ketones is 1. The summed E-state index contributed by atoms with van der Waals surface area (Å²) in [5.41, 5.74) is 1.62. The lowest BCUT2D eigenvalue weighted by atomic mass is 10.1. The first-order valence-electron chi connectivity index (χ1n) is 11.3. The zero-order valence-corrected chi connectivity index (χ0v) is 20.3. The van der Waals surface area contributed by atoms with Gasteiger partial charge in [-0.05, 0) is 30.7 Å². The first kappa shape index (κ1) is 28.3. The summed E-state index contributed by atoms with van der Waals surface area (Å²) in [5.74, 6) is -0.866. The van der Waals surface area contributed by atoms with Crippen LogP contribution in [0.25, 0.3) is 0 Å². The van der Waals surface area contributed by atoms with Gasteiger partial charge in [-0.25, -0.2) is 14.4 Å². The Kier molecular flexibility index (Phi) is 12.4. The quantitative estimate of drug-likeness (QED) is 0.204. The minimum Gasteiger partial charge on any atom is -0.465 e. The van der Waals surface area contributed by atoms with Gasteiger partial charge in [0, 0.05) is 24.3 Å². The van der Waals surface area contributed by atoms with E-state index in [0.717, 1.165) is 5.56 Å². The van der Waals surface area contributed by atoms with E-state index in [-0.39, 0.29) is 42.4 Å². The van der Waals surface area contributed by atoms with Gasteiger partial charge in [-0.1, -0.05) is 30.3 Å². The van der Waals surface area contributed by atoms with E-state index in [2.05, 4.69) is 20.7 Å². The Morgan fingerprint density at radius 1 is 0.806 bits per heavy atom. The molecule has 0 aliphatic carbocycles. The molecular weight excluding hydrogens is 470 g/mol. The third kappa shape index (κ3) is 11.0. The number of benzene rings is 2. The zero-order valence-electron chi connectivity index (χ0n) is 20.3. The van der Waals surface area contributed by atoms with Crippen LogP contribution in [0.3, 0.4) is 0 Å². The van der Waals surface area contributed by atoms with Crippen molar-refractivity contribution in [1.82, 2.24) is 10.6 Å². The van der Waals surface area contributed by atoms with Crippen molar-refractivity contribution in [3.8, 4) is 0 Å². The molecule has 0 unspecified atom stereocenters. The lowest BCUT2D eigenvalue weighted by molar-refractivity contribution is 0.0498. The Hall–Kier alpha value is -3.96. The average Bonchev–Trinajstić information content (AvgIpc) is 2.88. The third-order valence-corrected chi connectivity index (χ3v) is 4.65. The number of anilines is 1. The molecule has 0 aromatic heterocycles. The Labute approximate surface area is 209 Å². The van der Waals surface area contributed by atoms with Crippen LogP contribution in [-0.2, 0) is 25.6 Å². The Bertz CT molecular complexity index is 1010. The minimum atomic E-state index is -0.615. The molecule has 0 bridgehead atoms. The van der Waals surface area contributed by atoms with Crippen LogP contribution in [-0.4, -0.2) is 70.5 Å². The first-order chi connectivity index (χ1) is 17.4. The van der Waals surface area contributed by atoms with E-state index in [4.69, 9.17) is 14.2 Å². The molecular formula is C25H31N3O8. The van der Waals surface area contributed by atoms with E-state index < -0.39 is 18.1 Å². The molecule has 0 saturated heterocycles. The van der Waals surface area contributed by atoms with Crippen LogP contribution in [0.1, 0.15) is 33.2 Å². The Morgan fingerprint density at radius 3 is 2.08 bits per heavy atom. The summed E-state index contributed by atoms with van der Waals surface area (Å²) in [6.45, 7) is 3.28. The van der Waals surface area contributed by atoms with Crippen molar-refractivity contribution in [2.24, 2.45) is 0 Å². The van der Waals surface area contributed by atoms with Gasteiger partial charge in [0.2, 0.25) is 0 Å². The van der Waals surface area contributed by atoms with Gasteiger partial charge in [0.25, 0.3) is 0 Å². The molecule has 0 radical (unpaired) electrons. The number of urea groups is 1. The predicted molar refractivity (Wildman–Crippen MR) is 131 cm³/mol. The Morgan fingerprint density at radius 2 is 1.44 bits per heavy atom. The lowest BCUT2D eigenvalue weighted by Gasteiger charge is -2.11. The standard InChI is InChI=1S/C25H31N3O8/c1-18(29)20-14-21(23(30)33-2)16-22(15-20)28-24(31)26-8-10-34-12-13-35-11-9-27-25(32)36-17-19-6-4-3-5-7-19/h3-7,14-16H,8-13,17H2,1-2H3,(H,27,32)(H2,26,28,31). The summed E-state index contributed by atoms with van der Waals surface area (Å²) in [6.07, 6.45) is -0.516. The largest absolute Gasteiger partial charge is 0.465 e. The molecule has 0 heterocycles. The van der Waals surface area contributed by atoms with E-state index in [1.807, 2.05) is 30.3 Å². The van der Waals surface area contributed by atoms with Crippen LogP contribution in [0.5, 0.6) is 0 Å². The summed E-state index contributed by atoms with van der Waals surface area (Å²) < 4.78 is 20.5. The number of alkyl carbamates (subject to hydrolysis) is 1. The van der Waals surface area contributed by atoms with E-state index in [1.165, 1.54) is 32.2 Å². The van der Waals surface area contributed by atoms with E-state index >= 15 is 0 Å². The van der Waals surface area contributed by atoms with Gasteiger partial charge in [0.15, 0.2) is 5.78 Å². The topological polar surface area (TPSA) is 141 Å². The average molecular weight is 502 g/mol. The number of amides is 3. The van der Waals surface area contributed by atoms with Crippen LogP contribution in [0.4, 0.5) is 15.3 Å². The van der Waals surface area contributed by atoms with Crippen molar-refractivity contribution < 1.29 is 38.1 Å². The molecule has 0 saturated carbocycles. The van der Waals surface area contributed by atoms with Crippen molar-refractivity contribution in [3.63, 3.8) is 0 Å². The number of carbonyl (C=O) groups excluding carboxylic acids is 4. The molecule has 36 heavy (non-hydrogen) atoms. The normalized spacial score (nSPS) is 10.3. The second-order valence-electron chi connectivity index (χ2n) is 7.44. The monoisotopic (exact) mass is 501 g/mol. The fourth-order valence-corrected chi connectivity index (χ4v) is 2.87. The number of rotatable bonds is 14. The highest BCUT2D eigenvalue weighted by atomic mass is 16.6. The van der Waals surface area contributed by atoms with Gasteiger partial charge in [-0.15, -0.1) is 0 Å². The second kappa shape index (κ2) is 15.8. The molecule has 2 aromatic carbocycles. The minimum absolute atomic E-state index is 0.156. The maximum Gasteiger partial charge on any atom is 0.407 e. The summed E-state index contributed by atoms with van der Waals surface area (Å²) in [4.78, 5) is 47.1. The van der Waals surface area contributed by atoms with Crippen LogP contribution in [0.15, 0.2) is 48.5 Å². The fourth-order valence-electron chi connectivity index (χ4n) is 2.87. The number of ether oxygens (including phenoxy) is 4. The van der Waals surface area contributed by atoms with Gasteiger partial charge in [0.05, 0.1) is 39.1 Å². The van der Waals surface area contributed by atoms with Crippen molar-refractivity contribution in [3.05, 3.63) is 65.2 Å². The molecule has 2 rings (SSSR count). The van der Waals surface area contributed by atoms with Gasteiger partial charge < -0.3 is 34.9 Å². The maximum absolute atomic E-state index is 12.1. The summed E-state index contributed by atoms with van der Waals surface area (Å²) in [7, 11) is 1.23. The fraction of sp³-hybridized carbons (Fsp3) is 0.360. The molecule has 0 aliphatic rings. The van der Waals surface area contributed by atoms with Crippen LogP contribution in [0.2, 0.25) is 0 Å². The number of Topliss-reactive ketones (excluding diaryl/α,β-unsaturated/α-hetero) is 1. The van der Waals surface area contributed by atoms with Crippen LogP contribution in [0, 0.1) is 0 Å². The number of hydrogen-bond donors (Lipinski definition) is 3. The number of carbonyl (C=O) groups is 4. The smallest absolute Gasteiger partial charge is 0.407 e. The Balaban J connectivity index is 1.52. The molecule has 3 N–H and O–H groups in total. The molecule has 0 aliphatic heterocycles. The highest BCUT2D eigenvalue weighted by molar-refractivity contribution is 6.01. The van der Waals surface area contributed by atoms with Crippen molar-refractivity contribution in [2.75, 3.05) is 51.9 Å². The molecule has 2 aromatic rings. The third-order valence-electron chi connectivity index (χ3n) is 4.65. The molecule has 0 atom stereocenters. The molecule has 11 nitrogen and oxygen atoms in total. The highest BCUT2D eigenvalue weighted by Gasteiger charge is 2.12. The zero-order chi connectivity index (χ0) is 26.2. The molecule has 194 valence electrons. The van der Waals surface area contributed by atoms with Crippen LogP contribution >= 0.6 is 0 Å². The number of hydrogen-bond acceptors (Lipinski definition) is 8. The lowest BCUT2D eigenvalue weighted by Crippen LogP contribution is -2.32. The van der Waals surface area contributed by atoms with Crippen molar-refractivity contribution in [1.29, 1.82) is 0 Å². The van der Waals surface area contributed by atoms with Crippen molar-refractivity contribution in [2.45, 2.75) is 13.5 Å². The number of nitrogens with one attached hydrogen (secondary N) is 3. The first-order valence-corrected chi connectivity index (χ1v) is 11.3. The van der Waals surface area contributed by atoms with E-state index in [1.54, 1.807) is 0 Å². The molecule has 11 heteroatoms. The molecule has 3 amide bonds. The summed E-state index contributed by atoms with van der Waals surface area (Å²) in [5, 5.41) is 7.78. The number of methoxy groups -OCH3 is 1. The summed E-state index contributed by atoms with van der Waals surface area (Å²) >= 11 is 0.